The number of carbonyl (C=O) groups is 1. The number of phenols is 2. The van der Waals surface area contributed by atoms with Crippen molar-refractivity contribution in [2.24, 2.45) is 16.2 Å². The number of aryl methyl sites for hydroxylation is 3. The number of rotatable bonds is 4. The van der Waals surface area contributed by atoms with Crippen molar-refractivity contribution in [3.8, 4) is 11.5 Å². The molecule has 1 fully saturated rings. The van der Waals surface area contributed by atoms with Gasteiger partial charge in [0.2, 0.25) is 0 Å². The highest BCUT2D eigenvalue weighted by Gasteiger charge is 2.48. The van der Waals surface area contributed by atoms with E-state index in [0.29, 0.717) is 5.78 Å². The minimum absolute atomic E-state index is 0.0304. The fourth-order valence-corrected chi connectivity index (χ4v) is 6.45. The molecular weight excluding hydrogens is 408 g/mol. The maximum Gasteiger partial charge on any atom is 0.161 e. The number of allylic oxidation sites excluding steroid dienone is 2. The molecule has 2 aliphatic rings. The summed E-state index contributed by atoms with van der Waals surface area (Å²) < 4.78 is 0. The molecular formula is C30H40O3. The van der Waals surface area contributed by atoms with Gasteiger partial charge in [0.25, 0.3) is 0 Å². The fourth-order valence-electron chi connectivity index (χ4n) is 6.45. The normalized spacial score (nSPS) is 27.0. The van der Waals surface area contributed by atoms with Gasteiger partial charge in [-0.2, -0.15) is 0 Å². The van der Waals surface area contributed by atoms with Gasteiger partial charge in [-0.3, -0.25) is 4.79 Å². The van der Waals surface area contributed by atoms with E-state index in [2.05, 4.69) is 40.7 Å². The quantitative estimate of drug-likeness (QED) is 0.372. The van der Waals surface area contributed by atoms with Crippen LogP contribution < -0.4 is 0 Å². The average Bonchev–Trinajstić information content (AvgIpc) is 2.74. The molecule has 0 aromatic heterocycles. The van der Waals surface area contributed by atoms with E-state index >= 15 is 0 Å². The molecule has 3 heteroatoms. The van der Waals surface area contributed by atoms with Gasteiger partial charge in [0.15, 0.2) is 11.5 Å². The van der Waals surface area contributed by atoms with Gasteiger partial charge in [0.05, 0.1) is 0 Å². The van der Waals surface area contributed by atoms with Crippen LogP contribution in [0.1, 0.15) is 89.8 Å². The minimum atomic E-state index is -0.247. The maximum absolute atomic E-state index is 12.6. The van der Waals surface area contributed by atoms with E-state index in [-0.39, 0.29) is 27.7 Å². The maximum atomic E-state index is 12.6. The molecule has 0 aliphatic heterocycles. The second-order valence-electron chi connectivity index (χ2n) is 12.0. The van der Waals surface area contributed by atoms with Gasteiger partial charge < -0.3 is 10.2 Å². The van der Waals surface area contributed by atoms with Crippen molar-refractivity contribution in [3.63, 3.8) is 0 Å². The summed E-state index contributed by atoms with van der Waals surface area (Å²) in [6, 6.07) is 5.90. The highest BCUT2D eigenvalue weighted by atomic mass is 16.3. The number of aromatic hydroxyl groups is 2. The Kier molecular flexibility index (Phi) is 5.70. The van der Waals surface area contributed by atoms with Crippen LogP contribution in [0.3, 0.4) is 0 Å². The number of benzene rings is 2. The van der Waals surface area contributed by atoms with Crippen LogP contribution in [-0.4, -0.2) is 16.0 Å². The Morgan fingerprint density at radius 2 is 1.61 bits per heavy atom. The first-order valence-electron chi connectivity index (χ1n) is 12.5. The van der Waals surface area contributed by atoms with E-state index in [4.69, 9.17) is 0 Å². The third-order valence-electron chi connectivity index (χ3n) is 9.36. The topological polar surface area (TPSA) is 57.5 Å². The zero-order valence-electron chi connectivity index (χ0n) is 21.5. The minimum Gasteiger partial charge on any atom is -0.504 e. The molecule has 4 rings (SSSR count). The first-order chi connectivity index (χ1) is 15.3. The number of phenolic OH excluding ortho intramolecular Hbond substituents is 2. The monoisotopic (exact) mass is 448 g/mol. The van der Waals surface area contributed by atoms with Gasteiger partial charge in [-0.15, -0.1) is 0 Å². The van der Waals surface area contributed by atoms with Crippen LogP contribution >= 0.6 is 0 Å². The molecule has 33 heavy (non-hydrogen) atoms. The van der Waals surface area contributed by atoms with Crippen molar-refractivity contribution in [2.75, 3.05) is 0 Å². The summed E-state index contributed by atoms with van der Waals surface area (Å²) in [5, 5.41) is 22.6. The molecule has 2 aromatic carbocycles. The number of hydrogen-bond acceptors (Lipinski definition) is 3. The van der Waals surface area contributed by atoms with Crippen LogP contribution in [0.25, 0.3) is 10.8 Å². The van der Waals surface area contributed by atoms with Gasteiger partial charge in [0, 0.05) is 11.0 Å². The molecule has 0 amide bonds. The van der Waals surface area contributed by atoms with Gasteiger partial charge in [-0.25, -0.2) is 0 Å². The third kappa shape index (κ3) is 3.88. The molecule has 2 N–H and O–H groups in total. The van der Waals surface area contributed by atoms with Gasteiger partial charge in [0.1, 0.15) is 5.78 Å². The lowest BCUT2D eigenvalue weighted by molar-refractivity contribution is -0.127. The SMILES string of the molecule is CC(=O)[C@]1(C)CC[C@]2(C)CCC(C)(C)C(CCc3c(C)ccc4c(C)c(O)c(O)cc34)=C2C1. The summed E-state index contributed by atoms with van der Waals surface area (Å²) in [5.74, 6) is 0.233. The van der Waals surface area contributed by atoms with Crippen molar-refractivity contribution >= 4 is 16.6 Å². The Balaban J connectivity index is 1.80. The van der Waals surface area contributed by atoms with Crippen LogP contribution in [0, 0.1) is 30.1 Å². The van der Waals surface area contributed by atoms with Crippen molar-refractivity contribution < 1.29 is 15.0 Å². The van der Waals surface area contributed by atoms with Crippen molar-refractivity contribution in [1.82, 2.24) is 0 Å². The summed E-state index contributed by atoms with van der Waals surface area (Å²) in [6.07, 6.45) is 7.21. The molecule has 0 saturated heterocycles. The smallest absolute Gasteiger partial charge is 0.161 e. The van der Waals surface area contributed by atoms with E-state index in [9.17, 15) is 15.0 Å². The Morgan fingerprint density at radius 1 is 0.939 bits per heavy atom. The van der Waals surface area contributed by atoms with Gasteiger partial charge in [-0.1, -0.05) is 51.0 Å². The van der Waals surface area contributed by atoms with Crippen molar-refractivity contribution in [1.29, 1.82) is 0 Å². The number of ketones is 1. The summed E-state index contributed by atoms with van der Waals surface area (Å²) in [5.41, 5.74) is 6.34. The fraction of sp³-hybridized carbons (Fsp3) is 0.567. The van der Waals surface area contributed by atoms with Crippen LogP contribution in [0.5, 0.6) is 11.5 Å². The van der Waals surface area contributed by atoms with Gasteiger partial charge >= 0.3 is 0 Å². The predicted molar refractivity (Wildman–Crippen MR) is 136 cm³/mol. The highest BCUT2D eigenvalue weighted by Crippen LogP contribution is 2.59. The standard InChI is InChI=1S/C30H40O3/c1-18-8-9-22-19(2)27(33)26(32)16-23(22)21(18)10-11-24-25-17-30(7,20(3)31)15-14-29(25,6)13-12-28(24,4)5/h8-9,16,32-33H,10-15,17H2,1-7H3/t29-,30+/m0/s1. The molecule has 1 saturated carbocycles. The Morgan fingerprint density at radius 3 is 2.27 bits per heavy atom. The van der Waals surface area contributed by atoms with E-state index in [1.165, 1.54) is 29.5 Å². The molecule has 0 unspecified atom stereocenters. The van der Waals surface area contributed by atoms with Crippen LogP contribution in [0.4, 0.5) is 0 Å². The Hall–Kier alpha value is -2.29. The average molecular weight is 449 g/mol. The third-order valence-corrected chi connectivity index (χ3v) is 9.36. The highest BCUT2D eigenvalue weighted by molar-refractivity contribution is 5.93. The second-order valence-corrected chi connectivity index (χ2v) is 12.0. The number of hydrogen-bond donors (Lipinski definition) is 2. The summed E-state index contributed by atoms with van der Waals surface area (Å²) in [6.45, 7) is 15.1. The molecule has 2 aliphatic carbocycles. The van der Waals surface area contributed by atoms with E-state index in [1.54, 1.807) is 18.6 Å². The van der Waals surface area contributed by atoms with Gasteiger partial charge in [-0.05, 0) is 105 Å². The van der Waals surface area contributed by atoms with E-state index in [1.807, 2.05) is 13.0 Å². The summed E-state index contributed by atoms with van der Waals surface area (Å²) >= 11 is 0. The van der Waals surface area contributed by atoms with Crippen LogP contribution in [0.15, 0.2) is 29.3 Å². The number of Topliss-reactive ketones (excluding diaryl/α,β-unsaturated/α-hetero) is 1. The molecule has 178 valence electrons. The molecule has 0 spiro atoms. The first-order valence-corrected chi connectivity index (χ1v) is 12.5. The summed E-state index contributed by atoms with van der Waals surface area (Å²) in [4.78, 5) is 12.6. The zero-order valence-corrected chi connectivity index (χ0v) is 21.5. The molecule has 0 bridgehead atoms. The van der Waals surface area contributed by atoms with Crippen molar-refractivity contribution in [3.05, 3.63) is 46.0 Å². The van der Waals surface area contributed by atoms with Crippen LogP contribution in [-0.2, 0) is 11.2 Å². The lowest BCUT2D eigenvalue weighted by Crippen LogP contribution is -2.42. The second kappa shape index (κ2) is 7.89. The molecule has 0 heterocycles. The predicted octanol–water partition coefficient (Wildman–Crippen LogP) is 7.70. The van der Waals surface area contributed by atoms with E-state index in [0.717, 1.165) is 48.4 Å². The number of carbonyl (C=O) groups excluding carboxylic acids is 1. The molecule has 2 atom stereocenters. The largest absolute Gasteiger partial charge is 0.504 e. The first kappa shape index (κ1) is 23.9. The molecule has 2 aromatic rings. The lowest BCUT2D eigenvalue weighted by atomic mass is 9.52. The number of fused-ring (bicyclic) bond motifs is 2. The Bertz CT molecular complexity index is 1170. The molecule has 3 nitrogen and oxygen atoms in total. The van der Waals surface area contributed by atoms with Crippen LogP contribution in [0.2, 0.25) is 0 Å². The zero-order chi connectivity index (χ0) is 24.3. The Labute approximate surface area is 198 Å². The van der Waals surface area contributed by atoms with E-state index < -0.39 is 0 Å². The molecule has 0 radical (unpaired) electrons. The van der Waals surface area contributed by atoms with Crippen molar-refractivity contribution in [2.45, 2.75) is 93.4 Å². The summed E-state index contributed by atoms with van der Waals surface area (Å²) in [7, 11) is 0. The lowest BCUT2D eigenvalue weighted by Gasteiger charge is -2.52.